The third-order valence-electron chi connectivity index (χ3n) is 8.35. The molecule has 1 unspecified atom stereocenters. The first-order chi connectivity index (χ1) is 21.5. The van der Waals surface area contributed by atoms with Crippen LogP contribution in [0.1, 0.15) is 51.1 Å². The van der Waals surface area contributed by atoms with E-state index >= 15 is 0 Å². The van der Waals surface area contributed by atoms with E-state index in [9.17, 15) is 9.59 Å². The van der Waals surface area contributed by atoms with Gasteiger partial charge in [0.05, 0.1) is 23.1 Å². The first-order valence-electron chi connectivity index (χ1n) is 14.3. The van der Waals surface area contributed by atoms with Gasteiger partial charge in [-0.2, -0.15) is 4.68 Å². The number of nitrogens with zero attached hydrogens (tertiary/aromatic N) is 6. The average Bonchev–Trinajstić information content (AvgIpc) is 3.86. The van der Waals surface area contributed by atoms with Crippen LogP contribution in [0.15, 0.2) is 71.2 Å². The molecular formula is C31H25ClN8O3S. The zero-order valence-corrected chi connectivity index (χ0v) is 24.8. The highest BCUT2D eigenvalue weighted by molar-refractivity contribution is 7.12. The number of tetrazole rings is 1. The van der Waals surface area contributed by atoms with Crippen LogP contribution in [0, 0.1) is 0 Å². The lowest BCUT2D eigenvalue weighted by Crippen LogP contribution is -2.42. The number of nitrogens with one attached hydrogen (secondary N) is 2. The monoisotopic (exact) mass is 624 g/mol. The number of thiophene rings is 1. The van der Waals surface area contributed by atoms with Crippen LogP contribution in [0.3, 0.4) is 0 Å². The van der Waals surface area contributed by atoms with E-state index in [4.69, 9.17) is 21.3 Å². The molecule has 220 valence electrons. The Hall–Kier alpha value is -4.81. The maximum Gasteiger partial charge on any atom is 0.353 e. The van der Waals surface area contributed by atoms with Crippen molar-refractivity contribution in [2.24, 2.45) is 0 Å². The highest BCUT2D eigenvalue weighted by atomic mass is 35.5. The van der Waals surface area contributed by atoms with Crippen molar-refractivity contribution in [3.63, 3.8) is 0 Å². The molecule has 2 atom stereocenters. The maximum absolute atomic E-state index is 13.5. The largest absolute Gasteiger partial charge is 0.422 e. The molecule has 5 heterocycles. The Bertz CT molecular complexity index is 2020. The summed E-state index contributed by atoms with van der Waals surface area (Å²) in [6.07, 6.45) is 7.77. The van der Waals surface area contributed by atoms with Crippen molar-refractivity contribution in [1.29, 1.82) is 0 Å². The molecule has 0 saturated carbocycles. The molecule has 2 aliphatic heterocycles. The topological polar surface area (TPSA) is 129 Å². The average molecular weight is 625 g/mol. The van der Waals surface area contributed by atoms with E-state index in [0.29, 0.717) is 44.8 Å². The summed E-state index contributed by atoms with van der Waals surface area (Å²) in [5.41, 5.74) is 6.02. The number of ether oxygens (including phenoxy) is 1. The van der Waals surface area contributed by atoms with E-state index in [-0.39, 0.29) is 23.7 Å². The van der Waals surface area contributed by atoms with Crippen molar-refractivity contribution in [2.75, 3.05) is 0 Å². The maximum atomic E-state index is 13.5. The number of hydrogen-bond acceptors (Lipinski definition) is 10. The third-order valence-corrected chi connectivity index (χ3v) is 9.49. The number of aryl methyl sites for hydroxylation is 3. The molecule has 0 spiro atoms. The predicted octanol–water partition coefficient (Wildman–Crippen LogP) is 4.31. The van der Waals surface area contributed by atoms with Crippen LogP contribution in [0.5, 0.6) is 5.75 Å². The summed E-state index contributed by atoms with van der Waals surface area (Å²) < 4.78 is 8.95. The molecule has 5 aromatic rings. The molecule has 0 saturated heterocycles. The van der Waals surface area contributed by atoms with E-state index in [2.05, 4.69) is 32.2 Å². The lowest BCUT2D eigenvalue weighted by atomic mass is 10.1. The predicted molar refractivity (Wildman–Crippen MR) is 165 cm³/mol. The zero-order valence-electron chi connectivity index (χ0n) is 23.2. The standard InChI is InChI=1S/C31H25ClN8O3S/c32-20-5-7-25(39-16-34-37-38-39)22(12-20)23-13-29(41)40-26(8-9-28(40)35-23)30-33-14-24(36-30)19-11-27(44-15-19)31(42)43-21-6-4-17-2-1-3-18(17)10-21/h4-7,10-16,26,30,33,36H,1-3,8-9H2/t26-,30?/m0/s1. The van der Waals surface area contributed by atoms with Gasteiger partial charge in [-0.05, 0) is 83.6 Å². The number of esters is 1. The van der Waals surface area contributed by atoms with Crippen LogP contribution in [0.4, 0.5) is 0 Å². The number of hydrogen-bond donors (Lipinski definition) is 2. The minimum atomic E-state index is -0.372. The van der Waals surface area contributed by atoms with Crippen molar-refractivity contribution in [3.05, 3.63) is 109 Å². The Morgan fingerprint density at radius 1 is 1.07 bits per heavy atom. The molecule has 13 heteroatoms. The van der Waals surface area contributed by atoms with Gasteiger partial charge in [0.1, 0.15) is 28.9 Å². The van der Waals surface area contributed by atoms with Gasteiger partial charge < -0.3 is 15.4 Å². The number of halogens is 1. The summed E-state index contributed by atoms with van der Waals surface area (Å²) in [5, 5.41) is 20.8. The number of carbonyl (C=O) groups excluding carboxylic acids is 1. The first-order valence-corrected chi connectivity index (χ1v) is 15.6. The highest BCUT2D eigenvalue weighted by Crippen LogP contribution is 2.33. The summed E-state index contributed by atoms with van der Waals surface area (Å²) in [7, 11) is 0. The number of benzene rings is 2. The van der Waals surface area contributed by atoms with Crippen LogP contribution >= 0.6 is 22.9 Å². The molecule has 0 fully saturated rings. The van der Waals surface area contributed by atoms with Crippen molar-refractivity contribution < 1.29 is 9.53 Å². The fourth-order valence-corrected chi connectivity index (χ4v) is 7.22. The minimum absolute atomic E-state index is 0.153. The Kier molecular flexibility index (Phi) is 6.53. The number of fused-ring (bicyclic) bond motifs is 2. The van der Waals surface area contributed by atoms with Crippen LogP contribution in [-0.4, -0.2) is 41.9 Å². The van der Waals surface area contributed by atoms with E-state index in [1.165, 1.54) is 39.5 Å². The fourth-order valence-electron chi connectivity index (χ4n) is 6.27. The fraction of sp³-hybridized carbons (Fsp3) is 0.226. The molecule has 3 aromatic heterocycles. The summed E-state index contributed by atoms with van der Waals surface area (Å²) in [5.74, 6) is 0.905. The van der Waals surface area contributed by atoms with Gasteiger partial charge in [-0.25, -0.2) is 9.78 Å². The van der Waals surface area contributed by atoms with E-state index in [0.717, 1.165) is 36.9 Å². The smallest absolute Gasteiger partial charge is 0.353 e. The molecule has 1 aliphatic carbocycles. The normalized spacial score (nSPS) is 18.3. The van der Waals surface area contributed by atoms with Gasteiger partial charge in [-0.1, -0.05) is 17.7 Å². The first kappa shape index (κ1) is 26.8. The summed E-state index contributed by atoms with van der Waals surface area (Å²) >= 11 is 7.66. The molecular weight excluding hydrogens is 600 g/mol. The van der Waals surface area contributed by atoms with Crippen molar-refractivity contribution in [2.45, 2.75) is 44.3 Å². The molecule has 11 nitrogen and oxygen atoms in total. The van der Waals surface area contributed by atoms with E-state index in [1.807, 2.05) is 29.8 Å². The minimum Gasteiger partial charge on any atom is -0.422 e. The van der Waals surface area contributed by atoms with Crippen LogP contribution < -0.4 is 20.9 Å². The Morgan fingerprint density at radius 2 is 1.98 bits per heavy atom. The van der Waals surface area contributed by atoms with Crippen molar-refractivity contribution in [1.82, 2.24) is 40.4 Å². The van der Waals surface area contributed by atoms with Crippen molar-refractivity contribution in [3.8, 4) is 22.7 Å². The molecule has 8 rings (SSSR count). The molecule has 3 aliphatic rings. The van der Waals surface area contributed by atoms with Crippen molar-refractivity contribution >= 4 is 34.6 Å². The second-order valence-corrected chi connectivity index (χ2v) is 12.4. The number of carbonyl (C=O) groups is 1. The van der Waals surface area contributed by atoms with E-state index < -0.39 is 0 Å². The second-order valence-electron chi connectivity index (χ2n) is 11.0. The van der Waals surface area contributed by atoms with Gasteiger partial charge in [-0.15, -0.1) is 16.4 Å². The highest BCUT2D eigenvalue weighted by Gasteiger charge is 2.34. The quantitative estimate of drug-likeness (QED) is 0.210. The van der Waals surface area contributed by atoms with Crippen LogP contribution in [0.25, 0.3) is 22.6 Å². The molecule has 0 bridgehead atoms. The summed E-state index contributed by atoms with van der Waals surface area (Å²) in [6, 6.07) is 14.4. The Morgan fingerprint density at radius 3 is 2.86 bits per heavy atom. The number of rotatable bonds is 6. The SMILES string of the molecule is O=C(Oc1ccc2c(c1)CCC2)c1cc(C2=CNC([C@@H]3CCc4nc(-c5cc(Cl)ccc5-n5cnnn5)cc(=O)n43)N2)cs1. The Balaban J connectivity index is 0.985. The Labute approximate surface area is 260 Å². The lowest BCUT2D eigenvalue weighted by molar-refractivity contribution is 0.0739. The second kappa shape index (κ2) is 10.7. The van der Waals surface area contributed by atoms with Gasteiger partial charge in [0.2, 0.25) is 0 Å². The lowest BCUT2D eigenvalue weighted by Gasteiger charge is -2.23. The molecule has 2 N–H and O–H groups in total. The zero-order chi connectivity index (χ0) is 29.8. The van der Waals surface area contributed by atoms with Gasteiger partial charge in [-0.3, -0.25) is 9.36 Å². The number of aromatic nitrogens is 6. The van der Waals surface area contributed by atoms with Gasteiger partial charge >= 0.3 is 5.97 Å². The molecule has 44 heavy (non-hydrogen) atoms. The third kappa shape index (κ3) is 4.76. The van der Waals surface area contributed by atoms with Gasteiger partial charge in [0.15, 0.2) is 0 Å². The van der Waals surface area contributed by atoms with Gasteiger partial charge in [0.25, 0.3) is 5.56 Å². The van der Waals surface area contributed by atoms with Crippen LogP contribution in [0.2, 0.25) is 5.02 Å². The summed E-state index contributed by atoms with van der Waals surface area (Å²) in [4.78, 5) is 31.8. The van der Waals surface area contributed by atoms with Crippen LogP contribution in [-0.2, 0) is 19.3 Å². The summed E-state index contributed by atoms with van der Waals surface area (Å²) in [6.45, 7) is 0. The molecule has 2 aromatic carbocycles. The van der Waals surface area contributed by atoms with Gasteiger partial charge in [0, 0.05) is 40.2 Å². The molecule has 0 radical (unpaired) electrons. The molecule has 0 amide bonds. The van der Waals surface area contributed by atoms with E-state index in [1.54, 1.807) is 22.8 Å².